The minimum atomic E-state index is -0.195. The smallest absolute Gasteiger partial charge is 0.266 e. The molecule has 4 rings (SSSR count). The third-order valence-corrected chi connectivity index (χ3v) is 5.67. The van der Waals surface area contributed by atoms with E-state index < -0.39 is 0 Å². The van der Waals surface area contributed by atoms with Crippen molar-refractivity contribution in [2.75, 3.05) is 23.3 Å². The van der Waals surface area contributed by atoms with Crippen LogP contribution in [0.15, 0.2) is 51.5 Å². The van der Waals surface area contributed by atoms with Crippen molar-refractivity contribution in [2.24, 2.45) is 5.92 Å². The average Bonchev–Trinajstić information content (AvgIpc) is 3.49. The van der Waals surface area contributed by atoms with Crippen molar-refractivity contribution in [1.82, 2.24) is 10.3 Å². The number of piperidine rings is 1. The van der Waals surface area contributed by atoms with Crippen LogP contribution >= 0.6 is 0 Å². The van der Waals surface area contributed by atoms with Crippen LogP contribution in [0.4, 0.5) is 11.6 Å². The summed E-state index contributed by atoms with van der Waals surface area (Å²) in [6.07, 6.45) is 2.78. The van der Waals surface area contributed by atoms with Crippen LogP contribution < -0.4 is 15.5 Å². The zero-order chi connectivity index (χ0) is 23.4. The highest BCUT2D eigenvalue weighted by Gasteiger charge is 2.30. The zero-order valence-corrected chi connectivity index (χ0v) is 18.5. The molecule has 1 unspecified atom stereocenters. The Hall–Kier alpha value is -4.06. The molecule has 0 radical (unpaired) electrons. The predicted octanol–water partition coefficient (Wildman–Crippen LogP) is 3.86. The Morgan fingerprint density at radius 3 is 2.70 bits per heavy atom. The van der Waals surface area contributed by atoms with Gasteiger partial charge in [-0.25, -0.2) is 0 Å². The zero-order valence-electron chi connectivity index (χ0n) is 18.5. The second-order valence-electron chi connectivity index (χ2n) is 8.06. The highest BCUT2D eigenvalue weighted by molar-refractivity contribution is 5.88. The van der Waals surface area contributed by atoms with Crippen LogP contribution in [-0.4, -0.2) is 29.9 Å². The summed E-state index contributed by atoms with van der Waals surface area (Å²) in [5.41, 5.74) is 1.82. The fraction of sp³-hybridized carbons (Fsp3) is 0.333. The van der Waals surface area contributed by atoms with Gasteiger partial charge in [0.15, 0.2) is 5.76 Å². The lowest BCUT2D eigenvalue weighted by Gasteiger charge is -2.31. The molecule has 1 aliphatic heterocycles. The van der Waals surface area contributed by atoms with Gasteiger partial charge in [0.2, 0.25) is 23.4 Å². The Morgan fingerprint density at radius 2 is 2.03 bits per heavy atom. The normalized spacial score (nSPS) is 15.0. The molecule has 170 valence electrons. The molecule has 1 fully saturated rings. The van der Waals surface area contributed by atoms with Crippen LogP contribution in [0, 0.1) is 17.2 Å². The Balaban J connectivity index is 1.36. The van der Waals surface area contributed by atoms with Gasteiger partial charge >= 0.3 is 0 Å². The van der Waals surface area contributed by atoms with Gasteiger partial charge in [-0.3, -0.25) is 9.59 Å². The van der Waals surface area contributed by atoms with Crippen LogP contribution in [0.5, 0.6) is 0 Å². The van der Waals surface area contributed by atoms with Crippen molar-refractivity contribution in [3.63, 3.8) is 0 Å². The highest BCUT2D eigenvalue weighted by Crippen LogP contribution is 2.31. The largest absolute Gasteiger partial charge is 0.459 e. The van der Waals surface area contributed by atoms with E-state index in [4.69, 9.17) is 8.83 Å². The van der Waals surface area contributed by atoms with E-state index in [9.17, 15) is 14.9 Å². The van der Waals surface area contributed by atoms with Crippen molar-refractivity contribution < 1.29 is 18.4 Å². The van der Waals surface area contributed by atoms with Crippen molar-refractivity contribution in [3.8, 4) is 17.7 Å². The number of benzene rings is 1. The van der Waals surface area contributed by atoms with Gasteiger partial charge in [0.05, 0.1) is 12.3 Å². The van der Waals surface area contributed by atoms with E-state index in [1.54, 1.807) is 12.1 Å². The topological polar surface area (TPSA) is 124 Å². The fourth-order valence-electron chi connectivity index (χ4n) is 3.95. The van der Waals surface area contributed by atoms with E-state index in [1.807, 2.05) is 36.1 Å². The summed E-state index contributed by atoms with van der Waals surface area (Å²) >= 11 is 0. The molecule has 0 spiro atoms. The molecule has 0 aliphatic carbocycles. The summed E-state index contributed by atoms with van der Waals surface area (Å²) in [7, 11) is 0. The SMILES string of the molecule is CC(=O)Nc1cccc(C(C)NC(=O)C2CCN(c3oc(-c4ccco4)nc3C#N)CC2)c1. The van der Waals surface area contributed by atoms with Crippen molar-refractivity contribution in [3.05, 3.63) is 53.9 Å². The van der Waals surface area contributed by atoms with Gasteiger partial charge in [0, 0.05) is 31.6 Å². The number of nitrogens with zero attached hydrogens (tertiary/aromatic N) is 3. The molecule has 2 amide bonds. The summed E-state index contributed by atoms with van der Waals surface area (Å²) in [5.74, 6) is 0.844. The van der Waals surface area contributed by atoms with E-state index in [2.05, 4.69) is 21.7 Å². The van der Waals surface area contributed by atoms with Crippen LogP contribution in [0.3, 0.4) is 0 Å². The maximum absolute atomic E-state index is 12.9. The summed E-state index contributed by atoms with van der Waals surface area (Å²) in [5, 5.41) is 15.3. The Kier molecular flexibility index (Phi) is 6.45. The minimum Gasteiger partial charge on any atom is -0.459 e. The molecule has 1 saturated heterocycles. The molecule has 1 aromatic carbocycles. The van der Waals surface area contributed by atoms with Crippen molar-refractivity contribution in [2.45, 2.75) is 32.7 Å². The van der Waals surface area contributed by atoms with Gasteiger partial charge in [0.25, 0.3) is 5.89 Å². The lowest BCUT2D eigenvalue weighted by molar-refractivity contribution is -0.126. The summed E-state index contributed by atoms with van der Waals surface area (Å²) < 4.78 is 11.1. The van der Waals surface area contributed by atoms with Gasteiger partial charge in [-0.1, -0.05) is 12.1 Å². The molecule has 0 saturated carbocycles. The molecule has 0 bridgehead atoms. The van der Waals surface area contributed by atoms with Crippen LogP contribution in [0.1, 0.15) is 44.0 Å². The van der Waals surface area contributed by atoms with E-state index in [-0.39, 0.29) is 35.4 Å². The minimum absolute atomic E-state index is 0.0126. The van der Waals surface area contributed by atoms with Crippen LogP contribution in [0.25, 0.3) is 11.7 Å². The Morgan fingerprint density at radius 1 is 1.24 bits per heavy atom. The predicted molar refractivity (Wildman–Crippen MR) is 121 cm³/mol. The summed E-state index contributed by atoms with van der Waals surface area (Å²) in [6.45, 7) is 4.53. The summed E-state index contributed by atoms with van der Waals surface area (Å²) in [4.78, 5) is 30.3. The number of furan rings is 1. The molecular formula is C24H25N5O4. The van der Waals surface area contributed by atoms with Gasteiger partial charge < -0.3 is 24.4 Å². The van der Waals surface area contributed by atoms with Gasteiger partial charge in [-0.15, -0.1) is 0 Å². The average molecular weight is 447 g/mol. The molecule has 1 atom stereocenters. The number of amides is 2. The Bertz CT molecular complexity index is 1170. The number of hydrogen-bond donors (Lipinski definition) is 2. The third kappa shape index (κ3) is 5.06. The number of carbonyl (C=O) groups excluding carboxylic acids is 2. The summed E-state index contributed by atoms with van der Waals surface area (Å²) in [6, 6.07) is 12.8. The molecular weight excluding hydrogens is 422 g/mol. The van der Waals surface area contributed by atoms with Gasteiger partial charge in [-0.05, 0) is 49.6 Å². The fourth-order valence-corrected chi connectivity index (χ4v) is 3.95. The second-order valence-corrected chi connectivity index (χ2v) is 8.06. The number of nitriles is 1. The molecule has 33 heavy (non-hydrogen) atoms. The molecule has 3 heterocycles. The maximum atomic E-state index is 12.9. The van der Waals surface area contributed by atoms with Gasteiger partial charge in [-0.2, -0.15) is 10.2 Å². The number of oxazole rings is 1. The number of hydrogen-bond acceptors (Lipinski definition) is 7. The van der Waals surface area contributed by atoms with Crippen molar-refractivity contribution >= 4 is 23.4 Å². The van der Waals surface area contributed by atoms with Crippen LogP contribution in [0.2, 0.25) is 0 Å². The number of aromatic nitrogens is 1. The lowest BCUT2D eigenvalue weighted by Crippen LogP contribution is -2.41. The molecule has 1 aliphatic rings. The van der Waals surface area contributed by atoms with E-state index in [1.165, 1.54) is 13.2 Å². The maximum Gasteiger partial charge on any atom is 0.266 e. The number of carbonyl (C=O) groups is 2. The number of nitrogens with one attached hydrogen (secondary N) is 2. The Labute approximate surface area is 191 Å². The first-order valence-corrected chi connectivity index (χ1v) is 10.8. The molecule has 9 heteroatoms. The second kappa shape index (κ2) is 9.61. The molecule has 2 N–H and O–H groups in total. The first-order valence-electron chi connectivity index (χ1n) is 10.8. The van der Waals surface area contributed by atoms with Crippen LogP contribution in [-0.2, 0) is 9.59 Å². The molecule has 2 aromatic heterocycles. The van der Waals surface area contributed by atoms with Crippen molar-refractivity contribution in [1.29, 1.82) is 5.26 Å². The highest BCUT2D eigenvalue weighted by atomic mass is 16.4. The van der Waals surface area contributed by atoms with E-state index in [0.717, 1.165) is 5.56 Å². The number of rotatable bonds is 6. The first kappa shape index (κ1) is 22.1. The molecule has 3 aromatic rings. The standard InChI is InChI=1S/C24H25N5O4/c1-15(18-5-3-6-19(13-18)27-16(2)30)26-22(31)17-8-10-29(11-9-17)24-20(14-25)28-23(33-24)21-7-4-12-32-21/h3-7,12-13,15,17H,8-11H2,1-2H3,(H,26,31)(H,27,30). The van der Waals surface area contributed by atoms with Gasteiger partial charge in [0.1, 0.15) is 6.07 Å². The lowest BCUT2D eigenvalue weighted by atomic mass is 9.95. The van der Waals surface area contributed by atoms with E-state index in [0.29, 0.717) is 43.3 Å². The monoisotopic (exact) mass is 447 g/mol. The third-order valence-electron chi connectivity index (χ3n) is 5.67. The number of anilines is 2. The van der Waals surface area contributed by atoms with E-state index >= 15 is 0 Å². The quantitative estimate of drug-likeness (QED) is 0.588. The molecule has 9 nitrogen and oxygen atoms in total. The first-order chi connectivity index (χ1) is 15.9.